The number of hydrogen-bond acceptors (Lipinski definition) is 2. The molecule has 3 nitrogen and oxygen atoms in total. The molecule has 0 unspecified atom stereocenters. The molecule has 0 spiro atoms. The normalized spacial score (nSPS) is 16.1. The number of alkyl halides is 1. The zero-order valence-electron chi connectivity index (χ0n) is 9.81. The van der Waals surface area contributed by atoms with E-state index in [1.54, 1.807) is 12.3 Å². The number of rotatable bonds is 4. The van der Waals surface area contributed by atoms with E-state index in [4.69, 9.17) is 0 Å². The molecule has 0 saturated heterocycles. The molecule has 1 aromatic heterocycles. The Hall–Kier alpha value is -0.900. The maximum Gasteiger partial charge on any atom is 0.272 e. The fraction of sp³-hybridized carbons (Fsp3) is 0.538. The van der Waals surface area contributed by atoms with E-state index in [0.29, 0.717) is 11.7 Å². The van der Waals surface area contributed by atoms with E-state index in [1.165, 1.54) is 12.8 Å². The zero-order chi connectivity index (χ0) is 12.1. The van der Waals surface area contributed by atoms with Crippen LogP contribution in [0, 0.1) is 0 Å². The number of carbonyl (C=O) groups is 1. The lowest BCUT2D eigenvalue weighted by Gasteiger charge is -2.28. The van der Waals surface area contributed by atoms with Crippen molar-refractivity contribution in [1.29, 1.82) is 0 Å². The standard InChI is InChI=1S/C13H17BrN2O/c14-8-10-16(11-5-1-2-6-11)13(17)12-7-3-4-9-15-12/h3-4,7,9,11H,1-2,5-6,8,10H2. The maximum absolute atomic E-state index is 12.4. The predicted molar refractivity (Wildman–Crippen MR) is 71.3 cm³/mol. The summed E-state index contributed by atoms with van der Waals surface area (Å²) in [4.78, 5) is 18.5. The van der Waals surface area contributed by atoms with E-state index in [-0.39, 0.29) is 5.91 Å². The molecular formula is C13H17BrN2O. The van der Waals surface area contributed by atoms with Crippen LogP contribution in [0.15, 0.2) is 24.4 Å². The van der Waals surface area contributed by atoms with Crippen molar-refractivity contribution in [2.75, 3.05) is 11.9 Å². The molecule has 0 aliphatic heterocycles. The molecule has 1 saturated carbocycles. The second-order valence-electron chi connectivity index (χ2n) is 4.34. The second kappa shape index (κ2) is 6.15. The first-order valence-electron chi connectivity index (χ1n) is 6.11. The summed E-state index contributed by atoms with van der Waals surface area (Å²) in [5, 5.41) is 0.822. The Bertz CT molecular complexity index is 363. The third-order valence-corrected chi connectivity index (χ3v) is 3.59. The van der Waals surface area contributed by atoms with Crippen molar-refractivity contribution in [3.63, 3.8) is 0 Å². The van der Waals surface area contributed by atoms with Crippen LogP contribution >= 0.6 is 15.9 Å². The Morgan fingerprint density at radius 3 is 2.76 bits per heavy atom. The van der Waals surface area contributed by atoms with Crippen LogP contribution in [0.2, 0.25) is 0 Å². The van der Waals surface area contributed by atoms with Crippen molar-refractivity contribution in [2.24, 2.45) is 0 Å². The van der Waals surface area contributed by atoms with Gasteiger partial charge in [-0.3, -0.25) is 9.78 Å². The van der Waals surface area contributed by atoms with Gasteiger partial charge in [-0.2, -0.15) is 0 Å². The summed E-state index contributed by atoms with van der Waals surface area (Å²) in [6.45, 7) is 0.764. The molecule has 1 aliphatic carbocycles. The van der Waals surface area contributed by atoms with Gasteiger partial charge >= 0.3 is 0 Å². The van der Waals surface area contributed by atoms with Gasteiger partial charge in [0.25, 0.3) is 5.91 Å². The van der Waals surface area contributed by atoms with Gasteiger partial charge in [0.15, 0.2) is 0 Å². The first-order valence-corrected chi connectivity index (χ1v) is 7.23. The van der Waals surface area contributed by atoms with Gasteiger partial charge in [-0.25, -0.2) is 0 Å². The van der Waals surface area contributed by atoms with Crippen molar-refractivity contribution in [3.05, 3.63) is 30.1 Å². The number of amides is 1. The molecule has 0 N–H and O–H groups in total. The van der Waals surface area contributed by atoms with Crippen molar-refractivity contribution < 1.29 is 4.79 Å². The maximum atomic E-state index is 12.4. The van der Waals surface area contributed by atoms with Gasteiger partial charge in [-0.05, 0) is 25.0 Å². The minimum Gasteiger partial charge on any atom is -0.333 e. The molecule has 0 atom stereocenters. The molecule has 0 radical (unpaired) electrons. The number of nitrogens with zero attached hydrogens (tertiary/aromatic N) is 2. The van der Waals surface area contributed by atoms with Crippen molar-refractivity contribution >= 4 is 21.8 Å². The molecule has 1 fully saturated rings. The quantitative estimate of drug-likeness (QED) is 0.801. The summed E-state index contributed by atoms with van der Waals surface area (Å²) in [6, 6.07) is 5.89. The highest BCUT2D eigenvalue weighted by Crippen LogP contribution is 2.24. The van der Waals surface area contributed by atoms with Gasteiger partial charge in [-0.15, -0.1) is 0 Å². The molecule has 2 rings (SSSR count). The average Bonchev–Trinajstić information content (AvgIpc) is 2.90. The number of halogens is 1. The minimum absolute atomic E-state index is 0.0666. The van der Waals surface area contributed by atoms with Crippen LogP contribution in [0.4, 0.5) is 0 Å². The van der Waals surface area contributed by atoms with Crippen LogP contribution in [-0.4, -0.2) is 33.7 Å². The molecule has 92 valence electrons. The topological polar surface area (TPSA) is 33.2 Å². The van der Waals surface area contributed by atoms with Crippen LogP contribution in [0.5, 0.6) is 0 Å². The van der Waals surface area contributed by atoms with E-state index in [9.17, 15) is 4.79 Å². The van der Waals surface area contributed by atoms with Crippen molar-refractivity contribution in [3.8, 4) is 0 Å². The molecule has 0 bridgehead atoms. The fourth-order valence-electron chi connectivity index (χ4n) is 2.39. The Morgan fingerprint density at radius 2 is 2.18 bits per heavy atom. The third-order valence-electron chi connectivity index (χ3n) is 3.24. The van der Waals surface area contributed by atoms with Gasteiger partial charge in [-0.1, -0.05) is 34.8 Å². The van der Waals surface area contributed by atoms with Gasteiger partial charge in [0.2, 0.25) is 0 Å². The van der Waals surface area contributed by atoms with Crippen LogP contribution in [0.25, 0.3) is 0 Å². The lowest BCUT2D eigenvalue weighted by atomic mass is 10.2. The monoisotopic (exact) mass is 296 g/mol. The summed E-state index contributed by atoms with van der Waals surface area (Å²) in [6.07, 6.45) is 6.41. The van der Waals surface area contributed by atoms with Crippen molar-refractivity contribution in [2.45, 2.75) is 31.7 Å². The number of aromatic nitrogens is 1. The van der Waals surface area contributed by atoms with Crippen LogP contribution in [0.3, 0.4) is 0 Å². The molecule has 17 heavy (non-hydrogen) atoms. The average molecular weight is 297 g/mol. The smallest absolute Gasteiger partial charge is 0.272 e. The van der Waals surface area contributed by atoms with Gasteiger partial charge in [0.1, 0.15) is 5.69 Å². The third kappa shape index (κ3) is 3.06. The zero-order valence-corrected chi connectivity index (χ0v) is 11.4. The number of carbonyl (C=O) groups excluding carboxylic acids is 1. The first kappa shape index (κ1) is 12.6. The summed E-state index contributed by atoms with van der Waals surface area (Å²) in [7, 11) is 0. The fourth-order valence-corrected chi connectivity index (χ4v) is 2.78. The van der Waals surface area contributed by atoms with E-state index in [0.717, 1.165) is 24.7 Å². The molecule has 1 aliphatic rings. The van der Waals surface area contributed by atoms with Crippen molar-refractivity contribution in [1.82, 2.24) is 9.88 Å². The summed E-state index contributed by atoms with van der Waals surface area (Å²) in [5.74, 6) is 0.0666. The predicted octanol–water partition coefficient (Wildman–Crippen LogP) is 2.86. The Kier molecular flexibility index (Phi) is 4.54. The summed E-state index contributed by atoms with van der Waals surface area (Å²) in [5.41, 5.74) is 0.556. The molecule has 0 aromatic carbocycles. The van der Waals surface area contributed by atoms with Crippen LogP contribution in [0.1, 0.15) is 36.2 Å². The first-order chi connectivity index (χ1) is 8.33. The van der Waals surface area contributed by atoms with Gasteiger partial charge in [0.05, 0.1) is 0 Å². The lowest BCUT2D eigenvalue weighted by molar-refractivity contribution is 0.0690. The van der Waals surface area contributed by atoms with E-state index in [1.807, 2.05) is 17.0 Å². The van der Waals surface area contributed by atoms with E-state index in [2.05, 4.69) is 20.9 Å². The lowest BCUT2D eigenvalue weighted by Crippen LogP contribution is -2.40. The van der Waals surface area contributed by atoms with Gasteiger partial charge < -0.3 is 4.90 Å². The van der Waals surface area contributed by atoms with E-state index < -0.39 is 0 Å². The number of pyridine rings is 1. The Balaban J connectivity index is 2.12. The van der Waals surface area contributed by atoms with E-state index >= 15 is 0 Å². The highest BCUT2D eigenvalue weighted by molar-refractivity contribution is 9.09. The molecule has 4 heteroatoms. The van der Waals surface area contributed by atoms with Crippen LogP contribution in [-0.2, 0) is 0 Å². The van der Waals surface area contributed by atoms with Crippen LogP contribution < -0.4 is 0 Å². The SMILES string of the molecule is O=C(c1ccccn1)N(CCBr)C1CCCC1. The molecule has 1 aromatic rings. The Labute approximate surface area is 110 Å². The molecule has 1 heterocycles. The summed E-state index contributed by atoms with van der Waals surface area (Å²) >= 11 is 3.42. The minimum atomic E-state index is 0.0666. The Morgan fingerprint density at radius 1 is 1.41 bits per heavy atom. The number of hydrogen-bond donors (Lipinski definition) is 0. The molecule has 1 amide bonds. The highest BCUT2D eigenvalue weighted by atomic mass is 79.9. The second-order valence-corrected chi connectivity index (χ2v) is 5.13. The highest BCUT2D eigenvalue weighted by Gasteiger charge is 2.27. The summed E-state index contributed by atoms with van der Waals surface area (Å²) < 4.78 is 0. The molecular weight excluding hydrogens is 280 g/mol. The van der Waals surface area contributed by atoms with Gasteiger partial charge in [0, 0.05) is 24.1 Å². The largest absolute Gasteiger partial charge is 0.333 e.